The summed E-state index contributed by atoms with van der Waals surface area (Å²) in [5, 5.41) is 11.6. The van der Waals surface area contributed by atoms with Crippen LogP contribution in [0.5, 0.6) is 0 Å². The van der Waals surface area contributed by atoms with Gasteiger partial charge in [-0.05, 0) is 42.9 Å². The molecule has 0 atom stereocenters. The second-order valence-electron chi connectivity index (χ2n) is 5.76. The molecule has 3 rings (SSSR count). The van der Waals surface area contributed by atoms with Crippen LogP contribution in [0.3, 0.4) is 0 Å². The maximum absolute atomic E-state index is 5.30. The van der Waals surface area contributed by atoms with Gasteiger partial charge < -0.3 is 4.90 Å². The summed E-state index contributed by atoms with van der Waals surface area (Å²) in [5.41, 5.74) is 4.28. The van der Waals surface area contributed by atoms with E-state index in [4.69, 9.17) is 12.2 Å². The Labute approximate surface area is 146 Å². The fourth-order valence-electron chi connectivity index (χ4n) is 2.35. The van der Waals surface area contributed by atoms with Gasteiger partial charge in [0.25, 0.3) is 0 Å². The van der Waals surface area contributed by atoms with Crippen LogP contribution in [0.25, 0.3) is 11.4 Å². The van der Waals surface area contributed by atoms with Crippen LogP contribution in [-0.2, 0) is 0 Å². The van der Waals surface area contributed by atoms with Gasteiger partial charge >= 0.3 is 0 Å². The number of nitrogens with zero attached hydrogens (tertiary/aromatic N) is 4. The molecule has 0 aliphatic carbocycles. The van der Waals surface area contributed by atoms with Crippen molar-refractivity contribution in [1.29, 1.82) is 0 Å². The molecule has 0 saturated heterocycles. The Morgan fingerprint density at radius 2 is 1.92 bits per heavy atom. The molecular formula is C18H19N5S. The fourth-order valence-corrected chi connectivity index (χ4v) is 2.53. The van der Waals surface area contributed by atoms with Crippen molar-refractivity contribution in [3.8, 4) is 11.4 Å². The first-order chi connectivity index (χ1) is 11.5. The lowest BCUT2D eigenvalue weighted by atomic mass is 10.1. The monoisotopic (exact) mass is 337 g/mol. The van der Waals surface area contributed by atoms with Gasteiger partial charge in [0.05, 0.1) is 6.21 Å². The number of aromatic amines is 1. The summed E-state index contributed by atoms with van der Waals surface area (Å²) < 4.78 is 2.11. The molecule has 0 spiro atoms. The van der Waals surface area contributed by atoms with Gasteiger partial charge in [-0.1, -0.05) is 35.9 Å². The predicted molar refractivity (Wildman–Crippen MR) is 101 cm³/mol. The summed E-state index contributed by atoms with van der Waals surface area (Å²) >= 11 is 5.30. The van der Waals surface area contributed by atoms with Crippen LogP contribution >= 0.6 is 12.2 Å². The molecule has 1 aromatic heterocycles. The summed E-state index contributed by atoms with van der Waals surface area (Å²) in [6.45, 7) is 2.05. The molecule has 5 nitrogen and oxygen atoms in total. The minimum absolute atomic E-state index is 0.465. The van der Waals surface area contributed by atoms with E-state index in [1.54, 1.807) is 10.9 Å². The third-order valence-corrected chi connectivity index (χ3v) is 3.92. The Morgan fingerprint density at radius 1 is 1.17 bits per heavy atom. The number of rotatable bonds is 4. The number of anilines is 1. The highest BCUT2D eigenvalue weighted by atomic mass is 32.1. The molecule has 122 valence electrons. The fraction of sp³-hybridized carbons (Fsp3) is 0.167. The van der Waals surface area contributed by atoms with E-state index < -0.39 is 0 Å². The number of benzene rings is 2. The highest BCUT2D eigenvalue weighted by Crippen LogP contribution is 2.18. The third-order valence-electron chi connectivity index (χ3n) is 3.66. The van der Waals surface area contributed by atoms with Crippen LogP contribution in [0.2, 0.25) is 0 Å². The molecule has 24 heavy (non-hydrogen) atoms. The lowest BCUT2D eigenvalue weighted by Crippen LogP contribution is -2.08. The average Bonchev–Trinajstić information content (AvgIpc) is 2.94. The molecule has 1 heterocycles. The summed E-state index contributed by atoms with van der Waals surface area (Å²) in [6, 6.07) is 16.2. The first-order valence-corrected chi connectivity index (χ1v) is 8.01. The van der Waals surface area contributed by atoms with Gasteiger partial charge in [0, 0.05) is 25.3 Å². The predicted octanol–water partition coefficient (Wildman–Crippen LogP) is 3.86. The van der Waals surface area contributed by atoms with E-state index in [-0.39, 0.29) is 0 Å². The Kier molecular flexibility index (Phi) is 4.57. The summed E-state index contributed by atoms with van der Waals surface area (Å²) in [6.07, 6.45) is 1.78. The zero-order chi connectivity index (χ0) is 17.1. The van der Waals surface area contributed by atoms with E-state index in [0.29, 0.717) is 10.6 Å². The quantitative estimate of drug-likeness (QED) is 0.581. The lowest BCUT2D eigenvalue weighted by molar-refractivity contribution is 0.871. The van der Waals surface area contributed by atoms with E-state index in [1.807, 2.05) is 51.4 Å². The van der Waals surface area contributed by atoms with Crippen molar-refractivity contribution in [2.24, 2.45) is 5.10 Å². The van der Waals surface area contributed by atoms with Gasteiger partial charge in [-0.15, -0.1) is 0 Å². The van der Waals surface area contributed by atoms with Crippen molar-refractivity contribution >= 4 is 24.1 Å². The van der Waals surface area contributed by atoms with Gasteiger partial charge in [0.2, 0.25) is 4.77 Å². The molecule has 0 fully saturated rings. The summed E-state index contributed by atoms with van der Waals surface area (Å²) in [4.78, 5) is 2.06. The van der Waals surface area contributed by atoms with Crippen LogP contribution < -0.4 is 4.90 Å². The van der Waals surface area contributed by atoms with E-state index in [2.05, 4.69) is 38.4 Å². The molecule has 3 aromatic rings. The highest BCUT2D eigenvalue weighted by Gasteiger charge is 2.08. The molecule has 0 unspecified atom stereocenters. The standard InChI is InChI=1S/C18H19N5S/c1-13-5-4-6-15(11-13)17-20-21-18(24)23(17)19-12-14-7-9-16(10-8-14)22(2)3/h4-12H,1-3H3,(H,21,24). The Bertz CT molecular complexity index is 919. The molecule has 0 saturated carbocycles. The van der Waals surface area contributed by atoms with Crippen molar-refractivity contribution in [3.63, 3.8) is 0 Å². The van der Waals surface area contributed by atoms with E-state index in [9.17, 15) is 0 Å². The minimum atomic E-state index is 0.465. The summed E-state index contributed by atoms with van der Waals surface area (Å²) in [5.74, 6) is 0.699. The second kappa shape index (κ2) is 6.80. The normalized spacial score (nSPS) is 11.1. The van der Waals surface area contributed by atoms with Gasteiger partial charge in [-0.25, -0.2) is 5.10 Å². The van der Waals surface area contributed by atoms with Crippen LogP contribution in [0.15, 0.2) is 53.6 Å². The molecule has 1 N–H and O–H groups in total. The number of hydrogen-bond donors (Lipinski definition) is 1. The number of aromatic nitrogens is 3. The number of nitrogens with one attached hydrogen (secondary N) is 1. The Morgan fingerprint density at radius 3 is 2.58 bits per heavy atom. The van der Waals surface area contributed by atoms with Crippen molar-refractivity contribution < 1.29 is 0 Å². The first-order valence-electron chi connectivity index (χ1n) is 7.61. The molecule has 6 heteroatoms. The topological polar surface area (TPSA) is 49.2 Å². The molecule has 2 aromatic carbocycles. The van der Waals surface area contributed by atoms with Crippen LogP contribution in [0, 0.1) is 11.7 Å². The van der Waals surface area contributed by atoms with E-state index in [1.165, 1.54) is 0 Å². The maximum atomic E-state index is 5.30. The maximum Gasteiger partial charge on any atom is 0.216 e. The Hall–Kier alpha value is -2.73. The largest absolute Gasteiger partial charge is 0.378 e. The van der Waals surface area contributed by atoms with Gasteiger partial charge in [-0.3, -0.25) is 0 Å². The van der Waals surface area contributed by atoms with Crippen molar-refractivity contribution in [3.05, 3.63) is 64.4 Å². The molecule has 0 amide bonds. The van der Waals surface area contributed by atoms with E-state index >= 15 is 0 Å². The van der Waals surface area contributed by atoms with Crippen molar-refractivity contribution in [2.75, 3.05) is 19.0 Å². The number of H-pyrrole nitrogens is 1. The molecule has 0 aliphatic rings. The third kappa shape index (κ3) is 3.44. The Balaban J connectivity index is 1.93. The van der Waals surface area contributed by atoms with Crippen LogP contribution in [0.1, 0.15) is 11.1 Å². The van der Waals surface area contributed by atoms with Crippen molar-refractivity contribution in [1.82, 2.24) is 14.9 Å². The highest BCUT2D eigenvalue weighted by molar-refractivity contribution is 7.71. The smallest absolute Gasteiger partial charge is 0.216 e. The number of hydrogen-bond acceptors (Lipinski definition) is 4. The second-order valence-corrected chi connectivity index (χ2v) is 6.15. The SMILES string of the molecule is Cc1cccc(-c2n[nH]c(=S)n2N=Cc2ccc(N(C)C)cc2)c1. The summed E-state index contributed by atoms with van der Waals surface area (Å²) in [7, 11) is 4.03. The zero-order valence-corrected chi connectivity index (χ0v) is 14.7. The molecule has 0 aliphatic heterocycles. The molecule has 0 radical (unpaired) electrons. The molecule has 0 bridgehead atoms. The van der Waals surface area contributed by atoms with Crippen molar-refractivity contribution in [2.45, 2.75) is 6.92 Å². The van der Waals surface area contributed by atoms with Gasteiger partial charge in [-0.2, -0.15) is 14.9 Å². The molecular weight excluding hydrogens is 318 g/mol. The van der Waals surface area contributed by atoms with Crippen LogP contribution in [-0.4, -0.2) is 35.2 Å². The van der Waals surface area contributed by atoms with Crippen LogP contribution in [0.4, 0.5) is 5.69 Å². The van der Waals surface area contributed by atoms with E-state index in [0.717, 1.165) is 22.4 Å². The van der Waals surface area contributed by atoms with Gasteiger partial charge in [0.15, 0.2) is 5.82 Å². The number of aryl methyl sites for hydroxylation is 1. The minimum Gasteiger partial charge on any atom is -0.378 e. The van der Waals surface area contributed by atoms with Gasteiger partial charge in [0.1, 0.15) is 0 Å². The zero-order valence-electron chi connectivity index (χ0n) is 13.9. The lowest BCUT2D eigenvalue weighted by Gasteiger charge is -2.11. The average molecular weight is 337 g/mol. The first kappa shape index (κ1) is 16.1.